The van der Waals surface area contributed by atoms with Crippen LogP contribution in [0, 0.1) is 5.82 Å². The van der Waals surface area contributed by atoms with Gasteiger partial charge >= 0.3 is 0 Å². The summed E-state index contributed by atoms with van der Waals surface area (Å²) < 4.78 is 44.9. The number of nitrogens with one attached hydrogen (secondary N) is 2. The van der Waals surface area contributed by atoms with Crippen LogP contribution < -0.4 is 15.6 Å². The number of sulfonamides is 1. The molecule has 8 nitrogen and oxygen atoms in total. The van der Waals surface area contributed by atoms with Gasteiger partial charge < -0.3 is 4.74 Å². The second-order valence-corrected chi connectivity index (χ2v) is 8.68. The molecule has 1 saturated heterocycles. The van der Waals surface area contributed by atoms with Crippen molar-refractivity contribution >= 4 is 21.8 Å². The molecule has 1 fully saturated rings. The van der Waals surface area contributed by atoms with Crippen molar-refractivity contribution < 1.29 is 27.1 Å². The fourth-order valence-electron chi connectivity index (χ4n) is 3.22. The molecule has 2 amide bonds. The van der Waals surface area contributed by atoms with Crippen molar-refractivity contribution in [2.75, 3.05) is 13.7 Å². The predicted molar refractivity (Wildman–Crippen MR) is 106 cm³/mol. The number of hydrogen-bond donors (Lipinski definition) is 2. The summed E-state index contributed by atoms with van der Waals surface area (Å²) in [6, 6.07) is 10.4. The lowest BCUT2D eigenvalue weighted by molar-refractivity contribution is -0.130. The number of carbonyl (C=O) groups is 2. The summed E-state index contributed by atoms with van der Waals surface area (Å²) in [4.78, 5) is 24.5. The van der Waals surface area contributed by atoms with Crippen molar-refractivity contribution in [2.24, 2.45) is 0 Å². The molecule has 0 unspecified atom stereocenters. The van der Waals surface area contributed by atoms with Crippen LogP contribution in [0.25, 0.3) is 0 Å². The van der Waals surface area contributed by atoms with Crippen molar-refractivity contribution in [3.05, 3.63) is 59.9 Å². The van der Waals surface area contributed by atoms with E-state index in [9.17, 15) is 22.4 Å². The van der Waals surface area contributed by atoms with Gasteiger partial charge in [-0.25, -0.2) is 12.8 Å². The van der Waals surface area contributed by atoms with E-state index in [-0.39, 0.29) is 17.9 Å². The molecule has 1 heterocycles. The molecule has 0 aromatic heterocycles. The van der Waals surface area contributed by atoms with E-state index in [1.807, 2.05) is 0 Å². The van der Waals surface area contributed by atoms with Gasteiger partial charge in [0.05, 0.1) is 18.4 Å². The first-order chi connectivity index (χ1) is 14.3. The molecule has 1 atom stereocenters. The maximum Gasteiger partial charge on any atom is 0.256 e. The van der Waals surface area contributed by atoms with Gasteiger partial charge in [-0.2, -0.15) is 4.31 Å². The number of methoxy groups -OCH3 is 1. The summed E-state index contributed by atoms with van der Waals surface area (Å²) >= 11 is 0. The molecule has 160 valence electrons. The van der Waals surface area contributed by atoms with Gasteiger partial charge in [-0.3, -0.25) is 20.4 Å². The Kier molecular flexibility index (Phi) is 6.68. The SMILES string of the molecule is COc1ccc(CC(=O)NNC(=O)[C@H]2CCCN2S(=O)(=O)c2ccc(F)cc2)cc1. The van der Waals surface area contributed by atoms with Gasteiger partial charge in [-0.1, -0.05) is 12.1 Å². The molecule has 0 bridgehead atoms. The maximum atomic E-state index is 13.1. The highest BCUT2D eigenvalue weighted by Gasteiger charge is 2.39. The average molecular weight is 435 g/mol. The zero-order chi connectivity index (χ0) is 21.7. The molecule has 2 aromatic carbocycles. The second-order valence-electron chi connectivity index (χ2n) is 6.79. The van der Waals surface area contributed by atoms with E-state index < -0.39 is 33.7 Å². The predicted octanol–water partition coefficient (Wildman–Crippen LogP) is 1.38. The Bertz CT molecular complexity index is 1010. The van der Waals surface area contributed by atoms with Crippen LogP contribution in [0.3, 0.4) is 0 Å². The molecule has 30 heavy (non-hydrogen) atoms. The lowest BCUT2D eigenvalue weighted by atomic mass is 10.1. The molecule has 10 heteroatoms. The fraction of sp³-hybridized carbons (Fsp3) is 0.300. The molecule has 2 aromatic rings. The highest BCUT2D eigenvalue weighted by atomic mass is 32.2. The zero-order valence-corrected chi connectivity index (χ0v) is 17.1. The molecule has 0 aliphatic carbocycles. The van der Waals surface area contributed by atoms with Crippen LogP contribution in [0.1, 0.15) is 18.4 Å². The Morgan fingerprint density at radius 3 is 2.40 bits per heavy atom. The molecule has 0 spiro atoms. The smallest absolute Gasteiger partial charge is 0.256 e. The van der Waals surface area contributed by atoms with Gasteiger partial charge in [0.15, 0.2) is 0 Å². The third-order valence-corrected chi connectivity index (χ3v) is 6.70. The van der Waals surface area contributed by atoms with Crippen LogP contribution in [0.4, 0.5) is 4.39 Å². The number of hydrazine groups is 1. The van der Waals surface area contributed by atoms with Crippen molar-refractivity contribution in [1.82, 2.24) is 15.2 Å². The summed E-state index contributed by atoms with van der Waals surface area (Å²) in [6.07, 6.45) is 0.853. The third kappa shape index (κ3) is 4.95. The number of nitrogens with zero attached hydrogens (tertiary/aromatic N) is 1. The molecule has 0 saturated carbocycles. The number of benzene rings is 2. The maximum absolute atomic E-state index is 13.1. The van der Waals surface area contributed by atoms with Crippen molar-refractivity contribution in [1.29, 1.82) is 0 Å². The summed E-state index contributed by atoms with van der Waals surface area (Å²) in [5.74, 6) is -0.957. The molecular formula is C20H22FN3O5S. The summed E-state index contributed by atoms with van der Waals surface area (Å²) in [5, 5.41) is 0. The standard InChI is InChI=1S/C20H22FN3O5S/c1-29-16-8-4-14(5-9-16)13-19(25)22-23-20(26)18-3-2-12-24(18)30(27,28)17-10-6-15(21)7-11-17/h4-11,18H,2-3,12-13H2,1H3,(H,22,25)(H,23,26)/t18-/m1/s1. The molecule has 0 radical (unpaired) electrons. The fourth-order valence-corrected chi connectivity index (χ4v) is 4.88. The summed E-state index contributed by atoms with van der Waals surface area (Å²) in [7, 11) is -2.42. The first-order valence-corrected chi connectivity index (χ1v) is 10.7. The minimum absolute atomic E-state index is 0.0343. The monoisotopic (exact) mass is 435 g/mol. The van der Waals surface area contributed by atoms with E-state index in [1.165, 1.54) is 0 Å². The average Bonchev–Trinajstić information content (AvgIpc) is 3.24. The van der Waals surface area contributed by atoms with Crippen LogP contribution in [0.2, 0.25) is 0 Å². The van der Waals surface area contributed by atoms with Crippen LogP contribution in [0.15, 0.2) is 53.4 Å². The zero-order valence-electron chi connectivity index (χ0n) is 16.3. The van der Waals surface area contributed by atoms with Crippen LogP contribution in [0.5, 0.6) is 5.75 Å². The first-order valence-electron chi connectivity index (χ1n) is 9.30. The lowest BCUT2D eigenvalue weighted by Gasteiger charge is -2.23. The summed E-state index contributed by atoms with van der Waals surface area (Å²) in [6.45, 7) is 0.164. The number of hydrogen-bond acceptors (Lipinski definition) is 5. The van der Waals surface area contributed by atoms with Gasteiger partial charge in [0.25, 0.3) is 5.91 Å². The van der Waals surface area contributed by atoms with Crippen molar-refractivity contribution in [2.45, 2.75) is 30.2 Å². The second kappa shape index (κ2) is 9.23. The van der Waals surface area contributed by atoms with Gasteiger partial charge in [-0.05, 0) is 54.8 Å². The normalized spacial score (nSPS) is 16.8. The molecule has 3 rings (SSSR count). The number of rotatable bonds is 6. The van der Waals surface area contributed by atoms with Gasteiger partial charge in [0.2, 0.25) is 15.9 Å². The molecule has 1 aliphatic rings. The Morgan fingerprint density at radius 1 is 1.10 bits per heavy atom. The van der Waals surface area contributed by atoms with E-state index in [0.29, 0.717) is 18.6 Å². The molecule has 1 aliphatic heterocycles. The lowest BCUT2D eigenvalue weighted by Crippen LogP contribution is -2.51. The number of halogens is 1. The van der Waals surface area contributed by atoms with E-state index in [4.69, 9.17) is 4.74 Å². The summed E-state index contributed by atoms with van der Waals surface area (Å²) in [5.41, 5.74) is 5.34. The molecule has 2 N–H and O–H groups in total. The van der Waals surface area contributed by atoms with Gasteiger partial charge in [-0.15, -0.1) is 0 Å². The van der Waals surface area contributed by atoms with Gasteiger partial charge in [0.1, 0.15) is 17.6 Å². The van der Waals surface area contributed by atoms with Gasteiger partial charge in [0, 0.05) is 6.54 Å². The Hall–Kier alpha value is -2.98. The van der Waals surface area contributed by atoms with Crippen LogP contribution >= 0.6 is 0 Å². The number of carbonyl (C=O) groups excluding carboxylic acids is 2. The minimum Gasteiger partial charge on any atom is -0.497 e. The quantitative estimate of drug-likeness (QED) is 0.667. The van der Waals surface area contributed by atoms with E-state index >= 15 is 0 Å². The van der Waals surface area contributed by atoms with Crippen molar-refractivity contribution in [3.63, 3.8) is 0 Å². The Balaban J connectivity index is 1.60. The first kappa shape index (κ1) is 21.7. The van der Waals surface area contributed by atoms with E-state index in [0.717, 1.165) is 34.1 Å². The Morgan fingerprint density at radius 2 is 1.77 bits per heavy atom. The number of amides is 2. The van der Waals surface area contributed by atoms with Crippen LogP contribution in [-0.4, -0.2) is 44.2 Å². The third-order valence-electron chi connectivity index (χ3n) is 4.78. The highest BCUT2D eigenvalue weighted by molar-refractivity contribution is 7.89. The van der Waals surface area contributed by atoms with Crippen LogP contribution in [-0.2, 0) is 26.0 Å². The topological polar surface area (TPSA) is 105 Å². The largest absolute Gasteiger partial charge is 0.497 e. The highest BCUT2D eigenvalue weighted by Crippen LogP contribution is 2.26. The van der Waals surface area contributed by atoms with E-state index in [1.54, 1.807) is 31.4 Å². The number of ether oxygens (including phenoxy) is 1. The molecular weight excluding hydrogens is 413 g/mol. The van der Waals surface area contributed by atoms with Crippen molar-refractivity contribution in [3.8, 4) is 5.75 Å². The Labute approximate surface area is 174 Å². The minimum atomic E-state index is -3.96. The van der Waals surface area contributed by atoms with E-state index in [2.05, 4.69) is 10.9 Å².